The molecule has 0 amide bonds. The quantitative estimate of drug-likeness (QED) is 0.668. The lowest BCUT2D eigenvalue weighted by Gasteiger charge is -2.03. The van der Waals surface area contributed by atoms with Gasteiger partial charge in [-0.25, -0.2) is 15.0 Å². The Morgan fingerprint density at radius 2 is 2.12 bits per heavy atom. The van der Waals surface area contributed by atoms with Crippen LogP contribution < -0.4 is 4.74 Å². The van der Waals surface area contributed by atoms with Crippen molar-refractivity contribution in [1.29, 1.82) is 0 Å². The van der Waals surface area contributed by atoms with Crippen LogP contribution >= 0.6 is 0 Å². The molecule has 3 rings (SSSR count). The lowest BCUT2D eigenvalue weighted by molar-refractivity contribution is 0.415. The molecule has 5 nitrogen and oxygen atoms in total. The molecule has 0 spiro atoms. The van der Waals surface area contributed by atoms with E-state index >= 15 is 0 Å². The second kappa shape index (κ2) is 3.86. The van der Waals surface area contributed by atoms with Crippen LogP contribution in [0.25, 0.3) is 16.9 Å². The SMILES string of the molecule is COc1ccc2ncn(-c3ccncn3)c2c1. The Balaban J connectivity index is 2.23. The van der Waals surface area contributed by atoms with Crippen molar-refractivity contribution in [1.82, 2.24) is 19.5 Å². The Labute approximate surface area is 97.7 Å². The van der Waals surface area contributed by atoms with Crippen molar-refractivity contribution in [2.45, 2.75) is 0 Å². The lowest BCUT2D eigenvalue weighted by atomic mass is 10.3. The summed E-state index contributed by atoms with van der Waals surface area (Å²) in [6.07, 6.45) is 4.96. The molecule has 2 aromatic heterocycles. The fourth-order valence-electron chi connectivity index (χ4n) is 1.72. The van der Waals surface area contributed by atoms with Crippen LogP contribution in [-0.4, -0.2) is 26.6 Å². The van der Waals surface area contributed by atoms with E-state index in [0.29, 0.717) is 0 Å². The summed E-state index contributed by atoms with van der Waals surface area (Å²) in [5, 5.41) is 0. The van der Waals surface area contributed by atoms with Gasteiger partial charge in [-0.2, -0.15) is 0 Å². The molecule has 17 heavy (non-hydrogen) atoms. The van der Waals surface area contributed by atoms with Crippen LogP contribution in [0.4, 0.5) is 0 Å². The van der Waals surface area contributed by atoms with Gasteiger partial charge in [-0.05, 0) is 18.2 Å². The van der Waals surface area contributed by atoms with Crippen molar-refractivity contribution < 1.29 is 4.74 Å². The molecule has 0 aliphatic rings. The van der Waals surface area contributed by atoms with Gasteiger partial charge in [0.2, 0.25) is 0 Å². The molecule has 0 N–H and O–H groups in total. The van der Waals surface area contributed by atoms with Crippen LogP contribution in [0.1, 0.15) is 0 Å². The number of methoxy groups -OCH3 is 1. The van der Waals surface area contributed by atoms with E-state index in [0.717, 1.165) is 22.6 Å². The average Bonchev–Trinajstić information content (AvgIpc) is 2.82. The Bertz CT molecular complexity index is 648. The normalized spacial score (nSPS) is 10.6. The second-order valence-electron chi connectivity index (χ2n) is 3.54. The van der Waals surface area contributed by atoms with Gasteiger partial charge in [0.05, 0.1) is 18.1 Å². The number of hydrogen-bond donors (Lipinski definition) is 0. The van der Waals surface area contributed by atoms with E-state index in [1.807, 2.05) is 28.8 Å². The molecule has 0 saturated carbocycles. The first kappa shape index (κ1) is 9.77. The summed E-state index contributed by atoms with van der Waals surface area (Å²) in [6, 6.07) is 7.58. The average molecular weight is 226 g/mol. The maximum Gasteiger partial charge on any atom is 0.141 e. The van der Waals surface area contributed by atoms with Gasteiger partial charge in [0.1, 0.15) is 24.2 Å². The Morgan fingerprint density at radius 3 is 2.88 bits per heavy atom. The number of ether oxygens (including phenoxy) is 1. The Kier molecular flexibility index (Phi) is 2.22. The molecule has 0 atom stereocenters. The molecule has 0 aliphatic heterocycles. The predicted molar refractivity (Wildman–Crippen MR) is 63.2 cm³/mol. The minimum Gasteiger partial charge on any atom is -0.497 e. The fraction of sp³-hybridized carbons (Fsp3) is 0.0833. The largest absolute Gasteiger partial charge is 0.497 e. The number of hydrogen-bond acceptors (Lipinski definition) is 4. The maximum absolute atomic E-state index is 5.21. The van der Waals surface area contributed by atoms with Crippen LogP contribution in [0.2, 0.25) is 0 Å². The summed E-state index contributed by atoms with van der Waals surface area (Å²) in [5.74, 6) is 1.59. The van der Waals surface area contributed by atoms with Gasteiger partial charge in [-0.3, -0.25) is 4.57 Å². The number of nitrogens with zero attached hydrogens (tertiary/aromatic N) is 4. The first-order valence-electron chi connectivity index (χ1n) is 5.16. The summed E-state index contributed by atoms with van der Waals surface area (Å²) < 4.78 is 7.11. The first-order chi connectivity index (χ1) is 8.38. The maximum atomic E-state index is 5.21. The molecular weight excluding hydrogens is 216 g/mol. The third kappa shape index (κ3) is 1.61. The zero-order valence-electron chi connectivity index (χ0n) is 9.24. The van der Waals surface area contributed by atoms with E-state index in [2.05, 4.69) is 15.0 Å². The zero-order valence-corrected chi connectivity index (χ0v) is 9.24. The van der Waals surface area contributed by atoms with E-state index in [-0.39, 0.29) is 0 Å². The standard InChI is InChI=1S/C12H10N4O/c1-17-9-2-3-10-11(6-9)16(8-15-10)12-4-5-13-7-14-12/h2-8H,1H3. The Hall–Kier alpha value is -2.43. The van der Waals surface area contributed by atoms with Crippen LogP contribution in [0, 0.1) is 0 Å². The minimum absolute atomic E-state index is 0.788. The van der Waals surface area contributed by atoms with Crippen LogP contribution in [0.3, 0.4) is 0 Å². The summed E-state index contributed by atoms with van der Waals surface area (Å²) in [4.78, 5) is 12.4. The summed E-state index contributed by atoms with van der Waals surface area (Å²) in [5.41, 5.74) is 1.87. The van der Waals surface area contributed by atoms with E-state index in [9.17, 15) is 0 Å². The van der Waals surface area contributed by atoms with Gasteiger partial charge in [-0.15, -0.1) is 0 Å². The van der Waals surface area contributed by atoms with Crippen LogP contribution in [0.15, 0.2) is 43.1 Å². The Morgan fingerprint density at radius 1 is 1.18 bits per heavy atom. The molecule has 0 bridgehead atoms. The smallest absolute Gasteiger partial charge is 0.141 e. The van der Waals surface area contributed by atoms with Crippen molar-refractivity contribution in [2.24, 2.45) is 0 Å². The molecule has 1 aromatic carbocycles. The highest BCUT2D eigenvalue weighted by Gasteiger charge is 2.06. The van der Waals surface area contributed by atoms with Gasteiger partial charge < -0.3 is 4.74 Å². The highest BCUT2D eigenvalue weighted by molar-refractivity contribution is 5.78. The van der Waals surface area contributed by atoms with Gasteiger partial charge >= 0.3 is 0 Å². The third-order valence-corrected chi connectivity index (χ3v) is 2.57. The van der Waals surface area contributed by atoms with E-state index < -0.39 is 0 Å². The summed E-state index contributed by atoms with van der Waals surface area (Å²) in [6.45, 7) is 0. The third-order valence-electron chi connectivity index (χ3n) is 2.57. The zero-order chi connectivity index (χ0) is 11.7. The number of imidazole rings is 1. The molecular formula is C12H10N4O. The van der Waals surface area contributed by atoms with Crippen molar-refractivity contribution in [2.75, 3.05) is 7.11 Å². The van der Waals surface area contributed by atoms with Gasteiger partial charge in [-0.1, -0.05) is 0 Å². The topological polar surface area (TPSA) is 52.8 Å². The number of rotatable bonds is 2. The molecule has 0 radical (unpaired) electrons. The van der Waals surface area contributed by atoms with Gasteiger partial charge in [0, 0.05) is 12.3 Å². The van der Waals surface area contributed by atoms with Crippen LogP contribution in [-0.2, 0) is 0 Å². The monoisotopic (exact) mass is 226 g/mol. The van der Waals surface area contributed by atoms with Gasteiger partial charge in [0.15, 0.2) is 0 Å². The van der Waals surface area contributed by atoms with Crippen LogP contribution in [0.5, 0.6) is 5.75 Å². The number of aromatic nitrogens is 4. The van der Waals surface area contributed by atoms with E-state index in [1.54, 1.807) is 19.6 Å². The van der Waals surface area contributed by atoms with Crippen molar-refractivity contribution in [3.8, 4) is 11.6 Å². The number of benzene rings is 1. The minimum atomic E-state index is 0.788. The predicted octanol–water partition coefficient (Wildman–Crippen LogP) is 1.82. The highest BCUT2D eigenvalue weighted by Crippen LogP contribution is 2.21. The van der Waals surface area contributed by atoms with Crippen molar-refractivity contribution in [3.05, 3.63) is 43.1 Å². The molecule has 84 valence electrons. The second-order valence-corrected chi connectivity index (χ2v) is 3.54. The summed E-state index contributed by atoms with van der Waals surface area (Å²) >= 11 is 0. The number of fused-ring (bicyclic) bond motifs is 1. The van der Waals surface area contributed by atoms with Crippen molar-refractivity contribution in [3.63, 3.8) is 0 Å². The molecule has 2 heterocycles. The van der Waals surface area contributed by atoms with Crippen molar-refractivity contribution >= 4 is 11.0 Å². The highest BCUT2D eigenvalue weighted by atomic mass is 16.5. The van der Waals surface area contributed by atoms with Gasteiger partial charge in [0.25, 0.3) is 0 Å². The fourth-order valence-corrected chi connectivity index (χ4v) is 1.72. The lowest BCUT2D eigenvalue weighted by Crippen LogP contribution is -1.95. The molecule has 3 aromatic rings. The first-order valence-corrected chi connectivity index (χ1v) is 5.16. The van der Waals surface area contributed by atoms with E-state index in [4.69, 9.17) is 4.74 Å². The molecule has 0 unspecified atom stereocenters. The molecule has 0 fully saturated rings. The summed E-state index contributed by atoms with van der Waals surface area (Å²) in [7, 11) is 1.65. The molecule has 0 aliphatic carbocycles. The molecule has 5 heteroatoms. The van der Waals surface area contributed by atoms with E-state index in [1.165, 1.54) is 6.33 Å². The molecule has 0 saturated heterocycles.